The standard InChI is InChI=1S/C3H5BrN2S/c4-3-6-1-2-7-5-6/h1-2,5H,3H2. The lowest BCUT2D eigenvalue weighted by Crippen LogP contribution is -2.21. The first kappa shape index (κ1) is 5.47. The molecule has 1 rings (SSSR count). The Morgan fingerprint density at radius 1 is 1.86 bits per heavy atom. The van der Waals surface area contributed by atoms with Crippen LogP contribution in [0.3, 0.4) is 0 Å². The van der Waals surface area contributed by atoms with Crippen LogP contribution in [0.4, 0.5) is 0 Å². The van der Waals surface area contributed by atoms with Crippen molar-refractivity contribution in [3.63, 3.8) is 0 Å². The molecule has 0 saturated carbocycles. The van der Waals surface area contributed by atoms with Crippen LogP contribution in [0.2, 0.25) is 0 Å². The molecule has 0 aliphatic carbocycles. The van der Waals surface area contributed by atoms with E-state index in [2.05, 4.69) is 20.8 Å². The molecule has 0 aromatic heterocycles. The van der Waals surface area contributed by atoms with Crippen LogP contribution < -0.4 is 4.83 Å². The summed E-state index contributed by atoms with van der Waals surface area (Å²) in [6.07, 6.45) is 1.97. The van der Waals surface area contributed by atoms with Gasteiger partial charge in [-0.25, -0.2) is 0 Å². The fourth-order valence-electron chi connectivity index (χ4n) is 0.297. The first-order valence-electron chi connectivity index (χ1n) is 1.84. The van der Waals surface area contributed by atoms with Crippen LogP contribution in [-0.4, -0.2) is 10.5 Å². The third-order valence-electron chi connectivity index (χ3n) is 0.608. The Labute approximate surface area is 55.2 Å². The van der Waals surface area contributed by atoms with Crippen molar-refractivity contribution in [2.75, 3.05) is 5.45 Å². The van der Waals surface area contributed by atoms with Crippen molar-refractivity contribution in [2.24, 2.45) is 0 Å². The Hall–Kier alpha value is 0.330. The summed E-state index contributed by atoms with van der Waals surface area (Å²) in [6.45, 7) is 0. The predicted molar refractivity (Wildman–Crippen MR) is 35.5 cm³/mol. The lowest BCUT2D eigenvalue weighted by Gasteiger charge is -2.08. The quantitative estimate of drug-likeness (QED) is 0.372. The number of halogens is 1. The summed E-state index contributed by atoms with van der Waals surface area (Å²) in [5.74, 6) is 0. The van der Waals surface area contributed by atoms with Crippen molar-refractivity contribution in [1.29, 1.82) is 0 Å². The van der Waals surface area contributed by atoms with E-state index in [0.29, 0.717) is 0 Å². The average molecular weight is 181 g/mol. The van der Waals surface area contributed by atoms with Gasteiger partial charge in [0, 0.05) is 11.6 Å². The van der Waals surface area contributed by atoms with Crippen LogP contribution in [0.1, 0.15) is 0 Å². The Balaban J connectivity index is 2.28. The molecule has 0 atom stereocenters. The number of hydrogen-bond acceptors (Lipinski definition) is 3. The van der Waals surface area contributed by atoms with Crippen LogP contribution in [-0.2, 0) is 0 Å². The Bertz CT molecular complexity index is 85.0. The van der Waals surface area contributed by atoms with Crippen LogP contribution in [0.25, 0.3) is 0 Å². The van der Waals surface area contributed by atoms with E-state index >= 15 is 0 Å². The summed E-state index contributed by atoms with van der Waals surface area (Å²) in [6, 6.07) is 0. The molecular weight excluding hydrogens is 176 g/mol. The van der Waals surface area contributed by atoms with E-state index in [9.17, 15) is 0 Å². The molecule has 0 fully saturated rings. The topological polar surface area (TPSA) is 15.3 Å². The molecule has 0 amide bonds. The minimum Gasteiger partial charge on any atom is -0.295 e. The maximum atomic E-state index is 3.28. The second-order valence-corrected chi connectivity index (χ2v) is 2.28. The highest BCUT2D eigenvalue weighted by Crippen LogP contribution is 2.07. The third kappa shape index (κ3) is 1.36. The molecule has 0 saturated heterocycles. The van der Waals surface area contributed by atoms with Crippen molar-refractivity contribution in [1.82, 2.24) is 9.84 Å². The molecule has 1 aliphatic rings. The van der Waals surface area contributed by atoms with E-state index in [1.807, 2.05) is 16.6 Å². The maximum absolute atomic E-state index is 3.28. The molecule has 1 heterocycles. The molecule has 1 aliphatic heterocycles. The molecule has 7 heavy (non-hydrogen) atoms. The fourth-order valence-corrected chi connectivity index (χ4v) is 1.28. The molecule has 0 radical (unpaired) electrons. The number of nitrogens with one attached hydrogen (secondary N) is 1. The molecule has 4 heteroatoms. The van der Waals surface area contributed by atoms with E-state index < -0.39 is 0 Å². The highest BCUT2D eigenvalue weighted by molar-refractivity contribution is 9.09. The second kappa shape index (κ2) is 2.59. The van der Waals surface area contributed by atoms with E-state index in [-0.39, 0.29) is 0 Å². The normalized spacial score (nSPS) is 18.7. The van der Waals surface area contributed by atoms with Gasteiger partial charge < -0.3 is 0 Å². The minimum absolute atomic E-state index is 0.844. The Kier molecular flexibility index (Phi) is 2.02. The van der Waals surface area contributed by atoms with Gasteiger partial charge in [-0.1, -0.05) is 15.9 Å². The minimum atomic E-state index is 0.844. The number of hydrogen-bond donors (Lipinski definition) is 1. The number of nitrogens with zero attached hydrogens (tertiary/aromatic N) is 1. The van der Waals surface area contributed by atoms with Crippen molar-refractivity contribution in [3.8, 4) is 0 Å². The van der Waals surface area contributed by atoms with Crippen molar-refractivity contribution < 1.29 is 0 Å². The highest BCUT2D eigenvalue weighted by atomic mass is 79.9. The summed E-state index contributed by atoms with van der Waals surface area (Å²) in [5, 5.41) is 3.92. The van der Waals surface area contributed by atoms with Crippen LogP contribution in [0.5, 0.6) is 0 Å². The first-order chi connectivity index (χ1) is 3.43. The number of alkyl halides is 1. The predicted octanol–water partition coefficient (Wildman–Crippen LogP) is 1.28. The molecule has 0 spiro atoms. The fraction of sp³-hybridized carbons (Fsp3) is 0.333. The summed E-state index contributed by atoms with van der Waals surface area (Å²) in [5.41, 5.74) is 0.844. The van der Waals surface area contributed by atoms with E-state index in [0.717, 1.165) is 5.45 Å². The van der Waals surface area contributed by atoms with E-state index in [4.69, 9.17) is 0 Å². The van der Waals surface area contributed by atoms with E-state index in [1.54, 1.807) is 11.9 Å². The second-order valence-electron chi connectivity index (χ2n) is 1.08. The van der Waals surface area contributed by atoms with Gasteiger partial charge >= 0.3 is 0 Å². The average Bonchev–Trinajstić information content (AvgIpc) is 2.14. The molecular formula is C3H5BrN2S. The molecule has 1 N–H and O–H groups in total. The highest BCUT2D eigenvalue weighted by Gasteiger charge is 1.97. The van der Waals surface area contributed by atoms with Crippen LogP contribution in [0, 0.1) is 0 Å². The van der Waals surface area contributed by atoms with Gasteiger partial charge in [-0.2, -0.15) is 4.83 Å². The molecule has 2 nitrogen and oxygen atoms in total. The third-order valence-corrected chi connectivity index (χ3v) is 1.75. The van der Waals surface area contributed by atoms with Gasteiger partial charge in [0.1, 0.15) is 0 Å². The zero-order valence-electron chi connectivity index (χ0n) is 3.60. The summed E-state index contributed by atoms with van der Waals surface area (Å²) in [4.78, 5) is 3.00. The van der Waals surface area contributed by atoms with Crippen LogP contribution >= 0.6 is 27.9 Å². The van der Waals surface area contributed by atoms with Crippen LogP contribution in [0.15, 0.2) is 11.6 Å². The first-order valence-corrected chi connectivity index (χ1v) is 3.84. The van der Waals surface area contributed by atoms with Crippen molar-refractivity contribution in [3.05, 3.63) is 11.6 Å². The van der Waals surface area contributed by atoms with Gasteiger partial charge in [-0.15, -0.1) is 0 Å². The molecule has 0 unspecified atom stereocenters. The van der Waals surface area contributed by atoms with Gasteiger partial charge in [0.05, 0.1) is 5.45 Å². The smallest absolute Gasteiger partial charge is 0.0898 e. The number of rotatable bonds is 1. The zero-order valence-corrected chi connectivity index (χ0v) is 6.00. The lowest BCUT2D eigenvalue weighted by molar-refractivity contribution is 0.431. The number of hydrazine groups is 1. The monoisotopic (exact) mass is 180 g/mol. The van der Waals surface area contributed by atoms with Gasteiger partial charge in [0.2, 0.25) is 0 Å². The van der Waals surface area contributed by atoms with E-state index in [1.165, 1.54) is 0 Å². The zero-order chi connectivity index (χ0) is 5.11. The Morgan fingerprint density at radius 3 is 3.00 bits per heavy atom. The molecule has 40 valence electrons. The van der Waals surface area contributed by atoms with Crippen molar-refractivity contribution >= 4 is 27.9 Å². The van der Waals surface area contributed by atoms with Crippen molar-refractivity contribution in [2.45, 2.75) is 0 Å². The molecule has 0 aromatic carbocycles. The molecule has 0 aromatic rings. The summed E-state index contributed by atoms with van der Waals surface area (Å²) in [7, 11) is 0. The Morgan fingerprint density at radius 2 is 2.71 bits per heavy atom. The largest absolute Gasteiger partial charge is 0.295 e. The molecule has 0 bridgehead atoms. The van der Waals surface area contributed by atoms with Gasteiger partial charge in [0.15, 0.2) is 0 Å². The maximum Gasteiger partial charge on any atom is 0.0898 e. The summed E-state index contributed by atoms with van der Waals surface area (Å²) < 4.78 is 0. The van der Waals surface area contributed by atoms with Gasteiger partial charge in [-0.05, 0) is 11.9 Å². The summed E-state index contributed by atoms with van der Waals surface area (Å²) >= 11 is 4.85. The SMILES string of the molecule is BrCN1C=CSN1. The van der Waals surface area contributed by atoms with Gasteiger partial charge in [-0.3, -0.25) is 5.01 Å². The van der Waals surface area contributed by atoms with Gasteiger partial charge in [0.25, 0.3) is 0 Å². The lowest BCUT2D eigenvalue weighted by atomic mass is 11.0.